The highest BCUT2D eigenvalue weighted by molar-refractivity contribution is 5.95. The molecule has 1 aliphatic carbocycles. The number of carboxylic acids is 1. The Morgan fingerprint density at radius 1 is 1.24 bits per heavy atom. The monoisotopic (exact) mass is 294 g/mol. The molecule has 7 nitrogen and oxygen atoms in total. The molecular formula is C14H22N4O3. The summed E-state index contributed by atoms with van der Waals surface area (Å²) in [6.45, 7) is 3.87. The minimum atomic E-state index is -1.19. The van der Waals surface area contributed by atoms with Gasteiger partial charge < -0.3 is 10.4 Å². The minimum Gasteiger partial charge on any atom is -0.480 e. The number of nitrogens with zero attached hydrogens (tertiary/aromatic N) is 2. The average Bonchev–Trinajstić information content (AvgIpc) is 2.81. The standard InChI is InChI=1S/C14H22N4O3/c1-9(2)10-15-11(18-17-10)12(19)16-14(13(20)21)7-5-3-4-6-8-14/h9H,3-8H2,1-2H3,(H,16,19)(H,20,21)(H,15,17,18). The van der Waals surface area contributed by atoms with Gasteiger partial charge in [0.05, 0.1) is 0 Å². The van der Waals surface area contributed by atoms with E-state index in [4.69, 9.17) is 0 Å². The van der Waals surface area contributed by atoms with E-state index in [-0.39, 0.29) is 11.7 Å². The molecule has 0 aliphatic heterocycles. The molecule has 1 amide bonds. The molecule has 0 atom stereocenters. The van der Waals surface area contributed by atoms with Crippen LogP contribution in [0.4, 0.5) is 0 Å². The summed E-state index contributed by atoms with van der Waals surface area (Å²) in [5.74, 6) is -0.751. The molecule has 1 aromatic heterocycles. The number of amides is 1. The van der Waals surface area contributed by atoms with Crippen LogP contribution in [0, 0.1) is 0 Å². The second-order valence-corrected chi connectivity index (χ2v) is 5.95. The molecule has 0 saturated heterocycles. The zero-order valence-corrected chi connectivity index (χ0v) is 12.5. The summed E-state index contributed by atoms with van der Waals surface area (Å²) in [6.07, 6.45) is 4.52. The zero-order chi connectivity index (χ0) is 15.5. The maximum absolute atomic E-state index is 12.3. The Bertz CT molecular complexity index is 516. The Balaban J connectivity index is 2.15. The van der Waals surface area contributed by atoms with E-state index in [0.29, 0.717) is 18.7 Å². The first kappa shape index (κ1) is 15.5. The van der Waals surface area contributed by atoms with Crippen molar-refractivity contribution in [1.29, 1.82) is 0 Å². The van der Waals surface area contributed by atoms with Crippen LogP contribution in [0.15, 0.2) is 0 Å². The highest BCUT2D eigenvalue weighted by atomic mass is 16.4. The first-order valence-electron chi connectivity index (χ1n) is 7.43. The molecule has 3 N–H and O–H groups in total. The van der Waals surface area contributed by atoms with E-state index in [1.165, 1.54) is 0 Å². The van der Waals surface area contributed by atoms with Gasteiger partial charge in [-0.3, -0.25) is 9.89 Å². The number of hydrogen-bond donors (Lipinski definition) is 3. The lowest BCUT2D eigenvalue weighted by Crippen LogP contribution is -2.54. The van der Waals surface area contributed by atoms with Gasteiger partial charge in [0.15, 0.2) is 0 Å². The third-order valence-electron chi connectivity index (χ3n) is 3.97. The zero-order valence-electron chi connectivity index (χ0n) is 12.5. The molecule has 7 heteroatoms. The largest absolute Gasteiger partial charge is 0.480 e. The second-order valence-electron chi connectivity index (χ2n) is 5.95. The molecule has 116 valence electrons. The van der Waals surface area contributed by atoms with Gasteiger partial charge in [0.1, 0.15) is 11.4 Å². The Morgan fingerprint density at radius 3 is 2.33 bits per heavy atom. The molecule has 1 aliphatic rings. The Kier molecular flexibility index (Phi) is 4.59. The first-order valence-corrected chi connectivity index (χ1v) is 7.43. The molecule has 0 aromatic carbocycles. The van der Waals surface area contributed by atoms with Gasteiger partial charge in [-0.1, -0.05) is 39.5 Å². The van der Waals surface area contributed by atoms with Gasteiger partial charge in [-0.25, -0.2) is 9.78 Å². The van der Waals surface area contributed by atoms with E-state index in [9.17, 15) is 14.7 Å². The van der Waals surface area contributed by atoms with E-state index in [1.54, 1.807) is 0 Å². The van der Waals surface area contributed by atoms with E-state index in [1.807, 2.05) is 13.8 Å². The first-order chi connectivity index (χ1) is 9.94. The van der Waals surface area contributed by atoms with Crippen molar-refractivity contribution in [3.63, 3.8) is 0 Å². The van der Waals surface area contributed by atoms with Crippen LogP contribution in [-0.2, 0) is 4.79 Å². The molecule has 0 bridgehead atoms. The lowest BCUT2D eigenvalue weighted by atomic mass is 9.90. The topological polar surface area (TPSA) is 108 Å². The number of aromatic nitrogens is 3. The molecule has 0 radical (unpaired) electrons. The molecule has 0 unspecified atom stereocenters. The van der Waals surface area contributed by atoms with Gasteiger partial charge in [0.25, 0.3) is 5.91 Å². The van der Waals surface area contributed by atoms with Gasteiger partial charge in [-0.2, -0.15) is 0 Å². The van der Waals surface area contributed by atoms with Crippen LogP contribution in [0.3, 0.4) is 0 Å². The molecule has 1 fully saturated rings. The van der Waals surface area contributed by atoms with Crippen LogP contribution in [0.2, 0.25) is 0 Å². The quantitative estimate of drug-likeness (QED) is 0.734. The number of nitrogens with one attached hydrogen (secondary N) is 2. The fourth-order valence-corrected chi connectivity index (χ4v) is 2.63. The number of aliphatic carboxylic acids is 1. The van der Waals surface area contributed by atoms with Crippen molar-refractivity contribution >= 4 is 11.9 Å². The van der Waals surface area contributed by atoms with Crippen LogP contribution in [0.5, 0.6) is 0 Å². The number of hydrogen-bond acceptors (Lipinski definition) is 4. The Morgan fingerprint density at radius 2 is 1.86 bits per heavy atom. The van der Waals surface area contributed by atoms with Crippen molar-refractivity contribution in [2.24, 2.45) is 0 Å². The maximum atomic E-state index is 12.3. The number of carbonyl (C=O) groups is 2. The highest BCUT2D eigenvalue weighted by Crippen LogP contribution is 2.27. The van der Waals surface area contributed by atoms with Crippen LogP contribution in [0.1, 0.15) is 74.7 Å². The lowest BCUT2D eigenvalue weighted by molar-refractivity contribution is -0.145. The fourth-order valence-electron chi connectivity index (χ4n) is 2.63. The van der Waals surface area contributed by atoms with E-state index in [2.05, 4.69) is 20.5 Å². The summed E-state index contributed by atoms with van der Waals surface area (Å²) in [7, 11) is 0. The number of H-pyrrole nitrogens is 1. The van der Waals surface area contributed by atoms with Crippen molar-refractivity contribution in [3.8, 4) is 0 Å². The summed E-state index contributed by atoms with van der Waals surface area (Å²) in [4.78, 5) is 28.0. The number of rotatable bonds is 4. The summed E-state index contributed by atoms with van der Waals surface area (Å²) >= 11 is 0. The van der Waals surface area contributed by atoms with Crippen LogP contribution in [0.25, 0.3) is 0 Å². The van der Waals surface area contributed by atoms with Crippen molar-refractivity contribution in [3.05, 3.63) is 11.6 Å². The average molecular weight is 294 g/mol. The predicted octanol–water partition coefficient (Wildman–Crippen LogP) is 1.84. The van der Waals surface area contributed by atoms with Gasteiger partial charge in [0, 0.05) is 5.92 Å². The van der Waals surface area contributed by atoms with E-state index < -0.39 is 17.4 Å². The van der Waals surface area contributed by atoms with E-state index >= 15 is 0 Å². The van der Waals surface area contributed by atoms with Gasteiger partial charge in [0.2, 0.25) is 5.82 Å². The van der Waals surface area contributed by atoms with Crippen molar-refractivity contribution in [2.45, 2.75) is 63.8 Å². The van der Waals surface area contributed by atoms with Gasteiger partial charge in [-0.15, -0.1) is 5.10 Å². The second kappa shape index (κ2) is 6.24. The molecule has 0 spiro atoms. The SMILES string of the molecule is CC(C)c1nc(C(=O)NC2(C(=O)O)CCCCCC2)n[nH]1. The number of aromatic amines is 1. The van der Waals surface area contributed by atoms with Gasteiger partial charge >= 0.3 is 5.97 Å². The van der Waals surface area contributed by atoms with Crippen molar-refractivity contribution < 1.29 is 14.7 Å². The maximum Gasteiger partial charge on any atom is 0.329 e. The van der Waals surface area contributed by atoms with Crippen LogP contribution < -0.4 is 5.32 Å². The summed E-state index contributed by atoms with van der Waals surface area (Å²) in [6, 6.07) is 0. The van der Waals surface area contributed by atoms with Gasteiger partial charge in [-0.05, 0) is 12.8 Å². The smallest absolute Gasteiger partial charge is 0.329 e. The van der Waals surface area contributed by atoms with Crippen molar-refractivity contribution in [2.75, 3.05) is 0 Å². The summed E-state index contributed by atoms with van der Waals surface area (Å²) in [5.41, 5.74) is -1.19. The third-order valence-corrected chi connectivity index (χ3v) is 3.97. The predicted molar refractivity (Wildman–Crippen MR) is 76.0 cm³/mol. The molecule has 2 rings (SSSR count). The number of carboxylic acid groups (broad SMARTS) is 1. The van der Waals surface area contributed by atoms with Crippen molar-refractivity contribution in [1.82, 2.24) is 20.5 Å². The Hall–Kier alpha value is -1.92. The molecule has 1 aromatic rings. The summed E-state index contributed by atoms with van der Waals surface area (Å²) < 4.78 is 0. The molecule has 1 saturated carbocycles. The normalized spacial score (nSPS) is 18.2. The highest BCUT2D eigenvalue weighted by Gasteiger charge is 2.40. The molecule has 21 heavy (non-hydrogen) atoms. The minimum absolute atomic E-state index is 0.00331. The number of carbonyl (C=O) groups excluding carboxylic acids is 1. The van der Waals surface area contributed by atoms with E-state index in [0.717, 1.165) is 25.7 Å². The van der Waals surface area contributed by atoms with Crippen LogP contribution >= 0.6 is 0 Å². The van der Waals surface area contributed by atoms with Crippen LogP contribution in [-0.4, -0.2) is 37.7 Å². The molecular weight excluding hydrogens is 272 g/mol. The Labute approximate surface area is 123 Å². The summed E-state index contributed by atoms with van der Waals surface area (Å²) in [5, 5.41) is 18.8. The molecule has 1 heterocycles. The lowest BCUT2D eigenvalue weighted by Gasteiger charge is -2.28. The third kappa shape index (κ3) is 3.40. The fraction of sp³-hybridized carbons (Fsp3) is 0.714.